The van der Waals surface area contributed by atoms with Crippen molar-refractivity contribution >= 4 is 11.6 Å². The number of ether oxygens (including phenoxy) is 1. The average Bonchev–Trinajstić information content (AvgIpc) is 3.28. The molecule has 0 aromatic carbocycles. The molecule has 0 unspecified atom stereocenters. The topological polar surface area (TPSA) is 112 Å². The van der Waals surface area contributed by atoms with E-state index >= 15 is 0 Å². The molecule has 1 aliphatic heterocycles. The lowest BCUT2D eigenvalue weighted by molar-refractivity contribution is -0.138. The van der Waals surface area contributed by atoms with Crippen LogP contribution < -0.4 is 4.74 Å². The van der Waals surface area contributed by atoms with Crippen LogP contribution in [0, 0.1) is 6.92 Å². The fraction of sp³-hybridized carbons (Fsp3) is 0.467. The molecular weight excluding hydrogens is 326 g/mol. The van der Waals surface area contributed by atoms with Gasteiger partial charge in [-0.25, -0.2) is 0 Å². The molecule has 10 heteroatoms. The van der Waals surface area contributed by atoms with E-state index in [0.29, 0.717) is 29.8 Å². The average molecular weight is 343 g/mol. The maximum Gasteiger partial charge on any atom is 0.261 e. The van der Waals surface area contributed by atoms with Crippen molar-refractivity contribution in [3.05, 3.63) is 30.2 Å². The Bertz CT molecular complexity index is 890. The Balaban J connectivity index is 1.45. The Morgan fingerprint density at radius 2 is 2.32 bits per heavy atom. The summed E-state index contributed by atoms with van der Waals surface area (Å²) < 4.78 is 12.3. The molecule has 10 nitrogen and oxygen atoms in total. The summed E-state index contributed by atoms with van der Waals surface area (Å²) in [6, 6.07) is 3.19. The summed E-state index contributed by atoms with van der Waals surface area (Å²) in [4.78, 5) is 18.6. The molecule has 1 saturated heterocycles. The van der Waals surface area contributed by atoms with Crippen LogP contribution in [0.5, 0.6) is 5.88 Å². The molecule has 130 valence electrons. The van der Waals surface area contributed by atoms with Crippen molar-refractivity contribution in [2.45, 2.75) is 32.2 Å². The minimum atomic E-state index is -0.195. The molecular formula is C15H17N7O3. The lowest BCUT2D eigenvalue weighted by atomic mass is 10.0. The van der Waals surface area contributed by atoms with Gasteiger partial charge in [0.1, 0.15) is 12.4 Å². The fourth-order valence-corrected chi connectivity index (χ4v) is 2.94. The van der Waals surface area contributed by atoms with Gasteiger partial charge >= 0.3 is 0 Å². The Labute approximate surface area is 142 Å². The molecule has 25 heavy (non-hydrogen) atoms. The third-order valence-corrected chi connectivity index (χ3v) is 4.13. The first-order valence-corrected chi connectivity index (χ1v) is 8.10. The number of carbonyl (C=O) groups excluding carboxylic acids is 1. The summed E-state index contributed by atoms with van der Waals surface area (Å²) in [6.07, 6.45) is 4.24. The number of fused-ring (bicyclic) bond motifs is 1. The van der Waals surface area contributed by atoms with Gasteiger partial charge in [0, 0.05) is 12.6 Å². The van der Waals surface area contributed by atoms with Crippen molar-refractivity contribution in [1.29, 1.82) is 0 Å². The Kier molecular flexibility index (Phi) is 4.00. The van der Waals surface area contributed by atoms with Gasteiger partial charge in [-0.05, 0) is 32.3 Å². The molecule has 1 fully saturated rings. The first-order chi connectivity index (χ1) is 12.2. The summed E-state index contributed by atoms with van der Waals surface area (Å²) in [5, 5.41) is 15.6. The number of aryl methyl sites for hydroxylation is 1. The highest BCUT2D eigenvalue weighted by Gasteiger charge is 2.32. The van der Waals surface area contributed by atoms with Gasteiger partial charge in [-0.3, -0.25) is 4.79 Å². The van der Waals surface area contributed by atoms with Crippen molar-refractivity contribution in [3.8, 4) is 5.88 Å². The summed E-state index contributed by atoms with van der Waals surface area (Å²) in [7, 11) is 0. The molecule has 0 saturated carbocycles. The SMILES string of the molecule is Cc1noc([C@@H]2CCCCN2C(=O)COc2ccc3nncn3n2)n1. The highest BCUT2D eigenvalue weighted by molar-refractivity contribution is 5.78. The van der Waals surface area contributed by atoms with Crippen LogP contribution in [-0.2, 0) is 4.79 Å². The van der Waals surface area contributed by atoms with Gasteiger partial charge in [-0.1, -0.05) is 5.16 Å². The highest BCUT2D eigenvalue weighted by atomic mass is 16.5. The van der Waals surface area contributed by atoms with E-state index in [1.165, 1.54) is 10.8 Å². The second kappa shape index (κ2) is 6.46. The van der Waals surface area contributed by atoms with Crippen LogP contribution in [0.1, 0.15) is 37.0 Å². The fourth-order valence-electron chi connectivity index (χ4n) is 2.94. The summed E-state index contributed by atoms with van der Waals surface area (Å²) in [6.45, 7) is 2.30. The first-order valence-electron chi connectivity index (χ1n) is 8.10. The molecule has 1 atom stereocenters. The molecule has 3 aromatic rings. The summed E-state index contributed by atoms with van der Waals surface area (Å²) >= 11 is 0. The second-order valence-corrected chi connectivity index (χ2v) is 5.87. The van der Waals surface area contributed by atoms with Crippen LogP contribution in [0.2, 0.25) is 0 Å². The molecule has 0 N–H and O–H groups in total. The van der Waals surface area contributed by atoms with Crippen LogP contribution in [-0.4, -0.2) is 53.9 Å². The Morgan fingerprint density at radius 3 is 3.16 bits per heavy atom. The van der Waals surface area contributed by atoms with Gasteiger partial charge in [0.05, 0.1) is 0 Å². The highest BCUT2D eigenvalue weighted by Crippen LogP contribution is 2.29. The quantitative estimate of drug-likeness (QED) is 0.688. The van der Waals surface area contributed by atoms with E-state index in [1.807, 2.05) is 0 Å². The van der Waals surface area contributed by atoms with Gasteiger partial charge in [-0.2, -0.15) is 9.50 Å². The van der Waals surface area contributed by atoms with Gasteiger partial charge in [-0.15, -0.1) is 15.3 Å². The van der Waals surface area contributed by atoms with Gasteiger partial charge in [0.25, 0.3) is 5.91 Å². The monoisotopic (exact) mass is 343 g/mol. The molecule has 1 aliphatic rings. The third kappa shape index (κ3) is 3.14. The number of nitrogens with zero attached hydrogens (tertiary/aromatic N) is 7. The number of hydrogen-bond donors (Lipinski definition) is 0. The Hall–Kier alpha value is -3.04. The van der Waals surface area contributed by atoms with E-state index in [-0.39, 0.29) is 18.6 Å². The minimum absolute atomic E-state index is 0.107. The van der Waals surface area contributed by atoms with Crippen molar-refractivity contribution in [2.24, 2.45) is 0 Å². The van der Waals surface area contributed by atoms with Crippen LogP contribution in [0.15, 0.2) is 23.0 Å². The number of piperidine rings is 1. The molecule has 0 spiro atoms. The predicted molar refractivity (Wildman–Crippen MR) is 83.6 cm³/mol. The molecule has 0 bridgehead atoms. The van der Waals surface area contributed by atoms with Gasteiger partial charge < -0.3 is 14.2 Å². The van der Waals surface area contributed by atoms with Crippen molar-refractivity contribution < 1.29 is 14.1 Å². The summed E-state index contributed by atoms with van der Waals surface area (Å²) in [5.41, 5.74) is 0.613. The largest absolute Gasteiger partial charge is 0.467 e. The van der Waals surface area contributed by atoms with E-state index < -0.39 is 0 Å². The van der Waals surface area contributed by atoms with E-state index in [9.17, 15) is 4.79 Å². The standard InChI is InChI=1S/C15H17N7O3/c1-10-17-15(25-20-10)11-4-2-3-7-21(11)14(23)8-24-13-6-5-12-18-16-9-22(12)19-13/h5-6,9,11H,2-4,7-8H2,1H3/t11-/m0/s1. The van der Waals surface area contributed by atoms with Gasteiger partial charge in [0.15, 0.2) is 18.1 Å². The normalized spacial score (nSPS) is 17.8. The zero-order valence-corrected chi connectivity index (χ0v) is 13.7. The number of carbonyl (C=O) groups is 1. The Morgan fingerprint density at radius 1 is 1.40 bits per heavy atom. The number of rotatable bonds is 4. The van der Waals surface area contributed by atoms with E-state index in [0.717, 1.165) is 19.3 Å². The molecule has 4 heterocycles. The van der Waals surface area contributed by atoms with Crippen molar-refractivity contribution in [1.82, 2.24) is 34.9 Å². The van der Waals surface area contributed by atoms with Crippen LogP contribution in [0.25, 0.3) is 5.65 Å². The van der Waals surface area contributed by atoms with E-state index in [4.69, 9.17) is 9.26 Å². The number of amides is 1. The molecule has 1 amide bonds. The van der Waals surface area contributed by atoms with Crippen LogP contribution >= 0.6 is 0 Å². The number of aromatic nitrogens is 6. The number of hydrogen-bond acceptors (Lipinski definition) is 8. The summed E-state index contributed by atoms with van der Waals surface area (Å²) in [5.74, 6) is 1.25. The molecule has 0 aliphatic carbocycles. The zero-order chi connectivity index (χ0) is 17.2. The third-order valence-electron chi connectivity index (χ3n) is 4.13. The molecule has 4 rings (SSSR count). The van der Waals surface area contributed by atoms with E-state index in [2.05, 4.69) is 25.4 Å². The van der Waals surface area contributed by atoms with Crippen LogP contribution in [0.4, 0.5) is 0 Å². The maximum atomic E-state index is 12.6. The van der Waals surface area contributed by atoms with Crippen LogP contribution in [0.3, 0.4) is 0 Å². The smallest absolute Gasteiger partial charge is 0.261 e. The number of likely N-dealkylation sites (tertiary alicyclic amines) is 1. The lowest BCUT2D eigenvalue weighted by Crippen LogP contribution is -2.41. The second-order valence-electron chi connectivity index (χ2n) is 5.87. The minimum Gasteiger partial charge on any atom is -0.467 e. The maximum absolute atomic E-state index is 12.6. The zero-order valence-electron chi connectivity index (χ0n) is 13.7. The lowest BCUT2D eigenvalue weighted by Gasteiger charge is -2.33. The van der Waals surface area contributed by atoms with Gasteiger partial charge in [0.2, 0.25) is 11.8 Å². The first kappa shape index (κ1) is 15.5. The van der Waals surface area contributed by atoms with E-state index in [1.54, 1.807) is 24.0 Å². The van der Waals surface area contributed by atoms with Crippen molar-refractivity contribution in [3.63, 3.8) is 0 Å². The molecule has 3 aromatic heterocycles. The van der Waals surface area contributed by atoms with Crippen molar-refractivity contribution in [2.75, 3.05) is 13.2 Å². The molecule has 0 radical (unpaired) electrons. The predicted octanol–water partition coefficient (Wildman–Crippen LogP) is 0.948.